The van der Waals surface area contributed by atoms with Crippen molar-refractivity contribution in [1.82, 2.24) is 0 Å². The molecule has 0 aliphatic heterocycles. The van der Waals surface area contributed by atoms with Crippen molar-refractivity contribution in [3.63, 3.8) is 0 Å². The minimum absolute atomic E-state index is 0.152. The summed E-state index contributed by atoms with van der Waals surface area (Å²) < 4.78 is 12.9. The number of rotatable bonds is 4. The maximum absolute atomic E-state index is 12.9. The molecule has 0 saturated heterocycles. The second-order valence-corrected chi connectivity index (χ2v) is 3.65. The molecule has 1 rings (SSSR count). The fraction of sp³-hybridized carbons (Fsp3) is 0.357. The van der Waals surface area contributed by atoms with Gasteiger partial charge in [-0.2, -0.15) is 0 Å². The highest BCUT2D eigenvalue weighted by molar-refractivity contribution is 5.16. The van der Waals surface area contributed by atoms with Crippen LogP contribution in [0.25, 0.3) is 0 Å². The van der Waals surface area contributed by atoms with Crippen molar-refractivity contribution in [2.45, 2.75) is 33.1 Å². The van der Waals surface area contributed by atoms with Crippen molar-refractivity contribution in [3.8, 4) is 0 Å². The van der Waals surface area contributed by atoms with E-state index in [-0.39, 0.29) is 5.83 Å². The summed E-state index contributed by atoms with van der Waals surface area (Å²) in [6.07, 6.45) is 2.26. The van der Waals surface area contributed by atoms with E-state index in [4.69, 9.17) is 0 Å². The lowest BCUT2D eigenvalue weighted by molar-refractivity contribution is 0.605. The van der Waals surface area contributed by atoms with Crippen LogP contribution >= 0.6 is 0 Å². The number of hydrogen-bond acceptors (Lipinski definition) is 0. The van der Waals surface area contributed by atoms with Gasteiger partial charge >= 0.3 is 0 Å². The van der Waals surface area contributed by atoms with E-state index in [1.165, 1.54) is 5.56 Å². The van der Waals surface area contributed by atoms with Gasteiger partial charge in [-0.25, -0.2) is 4.39 Å². The number of halogens is 1. The Morgan fingerprint density at radius 1 is 1.27 bits per heavy atom. The molecule has 1 aromatic rings. The number of benzene rings is 1. The Hall–Kier alpha value is -1.33. The normalized spacial score (nSPS) is 9.53. The van der Waals surface area contributed by atoms with E-state index in [0.717, 1.165) is 18.4 Å². The zero-order chi connectivity index (χ0) is 11.1. The van der Waals surface area contributed by atoms with Gasteiger partial charge in [0.2, 0.25) is 0 Å². The Bertz CT molecular complexity index is 356. The van der Waals surface area contributed by atoms with Crippen molar-refractivity contribution in [2.24, 2.45) is 0 Å². The van der Waals surface area contributed by atoms with Gasteiger partial charge in [0.15, 0.2) is 0 Å². The third kappa shape index (κ3) is 4.62. The highest BCUT2D eigenvalue weighted by Gasteiger charge is 1.94. The molecule has 0 unspecified atom stereocenters. The molecule has 0 bridgehead atoms. The van der Waals surface area contributed by atoms with Gasteiger partial charge in [-0.3, -0.25) is 0 Å². The van der Waals surface area contributed by atoms with Crippen LogP contribution in [-0.2, 0) is 6.42 Å². The SMILES string of the molecule is CCC(F)=C=C(C)CCc1ccccc1. The van der Waals surface area contributed by atoms with Crippen LogP contribution in [0.1, 0.15) is 32.3 Å². The first kappa shape index (κ1) is 11.7. The molecule has 0 nitrogen and oxygen atoms in total. The molecule has 0 aliphatic rings. The Morgan fingerprint density at radius 3 is 2.53 bits per heavy atom. The fourth-order valence-corrected chi connectivity index (χ4v) is 1.36. The maximum atomic E-state index is 12.9. The summed E-state index contributed by atoms with van der Waals surface area (Å²) in [6.45, 7) is 3.73. The molecule has 0 spiro atoms. The molecular formula is C14H17F. The molecule has 0 saturated carbocycles. The zero-order valence-electron chi connectivity index (χ0n) is 9.39. The molecule has 0 fully saturated rings. The fourth-order valence-electron chi connectivity index (χ4n) is 1.36. The third-order valence-electron chi connectivity index (χ3n) is 2.29. The minimum atomic E-state index is -0.152. The molecule has 0 atom stereocenters. The van der Waals surface area contributed by atoms with Gasteiger partial charge in [0.25, 0.3) is 0 Å². The van der Waals surface area contributed by atoms with Crippen molar-refractivity contribution in [3.05, 3.63) is 53.0 Å². The van der Waals surface area contributed by atoms with Gasteiger partial charge in [-0.1, -0.05) is 43.0 Å². The van der Waals surface area contributed by atoms with Crippen LogP contribution in [-0.4, -0.2) is 0 Å². The van der Waals surface area contributed by atoms with Gasteiger partial charge in [0.1, 0.15) is 5.83 Å². The number of hydrogen-bond donors (Lipinski definition) is 0. The van der Waals surface area contributed by atoms with E-state index in [1.54, 1.807) is 6.92 Å². The van der Waals surface area contributed by atoms with Crippen molar-refractivity contribution in [1.29, 1.82) is 0 Å². The van der Waals surface area contributed by atoms with Gasteiger partial charge in [-0.05, 0) is 30.9 Å². The quantitative estimate of drug-likeness (QED) is 0.636. The standard InChI is InChI=1S/C14H17F/c1-3-14(15)11-12(2)9-10-13-7-5-4-6-8-13/h4-8H,3,9-10H2,1-2H3. The zero-order valence-corrected chi connectivity index (χ0v) is 9.39. The average molecular weight is 204 g/mol. The molecule has 0 radical (unpaired) electrons. The van der Waals surface area contributed by atoms with E-state index in [1.807, 2.05) is 25.1 Å². The number of allylic oxidation sites excluding steroid dienone is 1. The Balaban J connectivity index is 2.55. The Kier molecular flexibility index (Phi) is 4.86. The van der Waals surface area contributed by atoms with E-state index < -0.39 is 0 Å². The first-order chi connectivity index (χ1) is 7.22. The highest BCUT2D eigenvalue weighted by Crippen LogP contribution is 2.09. The topological polar surface area (TPSA) is 0 Å². The monoisotopic (exact) mass is 204 g/mol. The second-order valence-electron chi connectivity index (χ2n) is 3.65. The molecular weight excluding hydrogens is 187 g/mol. The van der Waals surface area contributed by atoms with Crippen molar-refractivity contribution >= 4 is 0 Å². The van der Waals surface area contributed by atoms with Gasteiger partial charge < -0.3 is 0 Å². The van der Waals surface area contributed by atoms with E-state index in [0.29, 0.717) is 6.42 Å². The van der Waals surface area contributed by atoms with Gasteiger partial charge in [-0.15, -0.1) is 0 Å². The summed E-state index contributed by atoms with van der Waals surface area (Å²) >= 11 is 0. The minimum Gasteiger partial charge on any atom is -0.203 e. The summed E-state index contributed by atoms with van der Waals surface area (Å²) in [5.41, 5.74) is 5.04. The maximum Gasteiger partial charge on any atom is 0.142 e. The van der Waals surface area contributed by atoms with Crippen LogP contribution in [0, 0.1) is 0 Å². The summed E-state index contributed by atoms with van der Waals surface area (Å²) in [7, 11) is 0. The first-order valence-corrected chi connectivity index (χ1v) is 5.37. The third-order valence-corrected chi connectivity index (χ3v) is 2.29. The van der Waals surface area contributed by atoms with Crippen LogP contribution in [0.5, 0.6) is 0 Å². The largest absolute Gasteiger partial charge is 0.203 e. The molecule has 0 aliphatic carbocycles. The predicted octanol–water partition coefficient (Wildman–Crippen LogP) is 4.43. The van der Waals surface area contributed by atoms with Gasteiger partial charge in [0, 0.05) is 6.42 Å². The molecule has 0 amide bonds. The van der Waals surface area contributed by atoms with Gasteiger partial charge in [0.05, 0.1) is 0 Å². The lowest BCUT2D eigenvalue weighted by atomic mass is 10.1. The molecule has 15 heavy (non-hydrogen) atoms. The average Bonchev–Trinajstić information content (AvgIpc) is 2.27. The summed E-state index contributed by atoms with van der Waals surface area (Å²) in [5, 5.41) is 0. The molecule has 0 aromatic heterocycles. The molecule has 0 heterocycles. The lowest BCUT2D eigenvalue weighted by Crippen LogP contribution is -1.85. The Labute approximate surface area is 91.1 Å². The molecule has 0 N–H and O–H groups in total. The van der Waals surface area contributed by atoms with Crippen LogP contribution in [0.15, 0.2) is 47.5 Å². The van der Waals surface area contributed by atoms with Crippen LogP contribution in [0.2, 0.25) is 0 Å². The molecule has 1 aromatic carbocycles. The van der Waals surface area contributed by atoms with Crippen LogP contribution < -0.4 is 0 Å². The first-order valence-electron chi connectivity index (χ1n) is 5.37. The Morgan fingerprint density at radius 2 is 1.93 bits per heavy atom. The van der Waals surface area contributed by atoms with Crippen LogP contribution in [0.3, 0.4) is 0 Å². The van der Waals surface area contributed by atoms with E-state index in [9.17, 15) is 4.39 Å². The van der Waals surface area contributed by atoms with Crippen LogP contribution in [0.4, 0.5) is 4.39 Å². The van der Waals surface area contributed by atoms with E-state index in [2.05, 4.69) is 17.9 Å². The lowest BCUT2D eigenvalue weighted by Gasteiger charge is -1.99. The van der Waals surface area contributed by atoms with Crippen molar-refractivity contribution in [2.75, 3.05) is 0 Å². The molecule has 1 heteroatoms. The second kappa shape index (κ2) is 6.21. The number of aryl methyl sites for hydroxylation is 1. The predicted molar refractivity (Wildman–Crippen MR) is 62.4 cm³/mol. The highest BCUT2D eigenvalue weighted by atomic mass is 19.1. The van der Waals surface area contributed by atoms with E-state index >= 15 is 0 Å². The summed E-state index contributed by atoms with van der Waals surface area (Å²) in [5.74, 6) is -0.152. The molecule has 80 valence electrons. The summed E-state index contributed by atoms with van der Waals surface area (Å²) in [4.78, 5) is 0. The summed E-state index contributed by atoms with van der Waals surface area (Å²) in [6, 6.07) is 10.2. The smallest absolute Gasteiger partial charge is 0.142 e. The van der Waals surface area contributed by atoms with Crippen molar-refractivity contribution < 1.29 is 4.39 Å².